The van der Waals surface area contributed by atoms with Gasteiger partial charge in [-0.25, -0.2) is 0 Å². The third-order valence-electron chi connectivity index (χ3n) is 2.05. The predicted octanol–water partition coefficient (Wildman–Crippen LogP) is 2.22. The number of halogens is 2. The molecule has 1 aromatic rings. The summed E-state index contributed by atoms with van der Waals surface area (Å²) < 4.78 is 1.45. The van der Waals surface area contributed by atoms with Crippen LogP contribution in [0.1, 0.15) is 17.2 Å². The first-order chi connectivity index (χ1) is 6.49. The van der Waals surface area contributed by atoms with E-state index in [9.17, 15) is 5.11 Å². The van der Waals surface area contributed by atoms with Crippen molar-refractivity contribution in [2.45, 2.75) is 13.0 Å². The van der Waals surface area contributed by atoms with E-state index in [1.807, 2.05) is 6.92 Å². The van der Waals surface area contributed by atoms with Crippen LogP contribution < -0.4 is 5.73 Å². The smallest absolute Gasteiger partial charge is 0.134 e. The molecule has 0 amide bonds. The Morgan fingerprint density at radius 2 is 2.07 bits per heavy atom. The molecule has 0 saturated carbocycles. The van der Waals surface area contributed by atoms with E-state index in [2.05, 4.69) is 31.9 Å². The van der Waals surface area contributed by atoms with Gasteiger partial charge in [0.2, 0.25) is 0 Å². The number of hydrogen-bond acceptors (Lipinski definition) is 3. The zero-order chi connectivity index (χ0) is 10.9. The largest absolute Gasteiger partial charge is 0.506 e. The second kappa shape index (κ2) is 4.61. The minimum atomic E-state index is -0.566. The summed E-state index contributed by atoms with van der Waals surface area (Å²) in [6.07, 6.45) is 0. The van der Waals surface area contributed by atoms with Gasteiger partial charge in [-0.15, -0.1) is 0 Å². The van der Waals surface area contributed by atoms with Gasteiger partial charge in [-0.3, -0.25) is 0 Å². The molecule has 0 heterocycles. The van der Waals surface area contributed by atoms with Gasteiger partial charge in [0.25, 0.3) is 0 Å². The quantitative estimate of drug-likeness (QED) is 0.781. The van der Waals surface area contributed by atoms with Gasteiger partial charge in [-0.1, -0.05) is 15.9 Å². The normalized spacial score (nSPS) is 12.9. The van der Waals surface area contributed by atoms with E-state index in [0.717, 1.165) is 10.0 Å². The number of benzene rings is 1. The lowest BCUT2D eigenvalue weighted by atomic mass is 10.1. The van der Waals surface area contributed by atoms with Gasteiger partial charge in [0.1, 0.15) is 5.75 Å². The fourth-order valence-corrected chi connectivity index (χ4v) is 2.26. The molecule has 0 fully saturated rings. The Bertz CT molecular complexity index is 355. The van der Waals surface area contributed by atoms with Gasteiger partial charge in [0.05, 0.1) is 17.1 Å². The minimum Gasteiger partial charge on any atom is -0.506 e. The molecule has 5 heteroatoms. The molecular weight excluding hydrogens is 314 g/mol. The van der Waals surface area contributed by atoms with Crippen molar-refractivity contribution in [1.29, 1.82) is 0 Å². The van der Waals surface area contributed by atoms with Gasteiger partial charge in [0, 0.05) is 10.0 Å². The number of nitrogens with two attached hydrogens (primary N) is 1. The Morgan fingerprint density at radius 3 is 2.57 bits per heavy atom. The van der Waals surface area contributed by atoms with Crippen LogP contribution in [-0.4, -0.2) is 16.8 Å². The molecule has 0 saturated heterocycles. The van der Waals surface area contributed by atoms with E-state index < -0.39 is 6.04 Å². The van der Waals surface area contributed by atoms with E-state index in [-0.39, 0.29) is 12.4 Å². The van der Waals surface area contributed by atoms with E-state index in [1.54, 1.807) is 6.07 Å². The Hall–Kier alpha value is -0.100. The molecule has 0 aliphatic rings. The van der Waals surface area contributed by atoms with Gasteiger partial charge >= 0.3 is 0 Å². The molecule has 0 aliphatic heterocycles. The van der Waals surface area contributed by atoms with Crippen LogP contribution in [0.15, 0.2) is 15.0 Å². The maximum absolute atomic E-state index is 9.75. The lowest BCUT2D eigenvalue weighted by Crippen LogP contribution is -2.15. The maximum atomic E-state index is 9.75. The first kappa shape index (κ1) is 12.0. The highest BCUT2D eigenvalue weighted by Gasteiger charge is 2.16. The van der Waals surface area contributed by atoms with Crippen LogP contribution in [0.5, 0.6) is 5.75 Å². The first-order valence-corrected chi connectivity index (χ1v) is 5.61. The zero-order valence-electron chi connectivity index (χ0n) is 7.59. The number of phenols is 1. The molecule has 1 atom stereocenters. The van der Waals surface area contributed by atoms with E-state index in [0.29, 0.717) is 10.0 Å². The van der Waals surface area contributed by atoms with E-state index in [4.69, 9.17) is 10.8 Å². The van der Waals surface area contributed by atoms with Crippen LogP contribution in [0.3, 0.4) is 0 Å². The Labute approximate surface area is 99.2 Å². The van der Waals surface area contributed by atoms with Gasteiger partial charge in [-0.05, 0) is 34.5 Å². The maximum Gasteiger partial charge on any atom is 0.134 e. The Kier molecular flexibility index (Phi) is 3.94. The highest BCUT2D eigenvalue weighted by atomic mass is 79.9. The average molecular weight is 325 g/mol. The average Bonchev–Trinajstić information content (AvgIpc) is 2.19. The molecular formula is C9H11Br2NO2. The summed E-state index contributed by atoms with van der Waals surface area (Å²) in [6.45, 7) is 1.66. The van der Waals surface area contributed by atoms with E-state index in [1.165, 1.54) is 0 Å². The molecule has 1 rings (SSSR count). The second-order valence-corrected chi connectivity index (χ2v) is 4.67. The SMILES string of the molecule is Cc1c(Br)cc([C@@H](N)CO)c(O)c1Br. The van der Waals surface area contributed by atoms with E-state index >= 15 is 0 Å². The Balaban J connectivity index is 3.33. The first-order valence-electron chi connectivity index (χ1n) is 4.03. The molecule has 0 radical (unpaired) electrons. The van der Waals surface area contributed by atoms with Gasteiger partial charge in [-0.2, -0.15) is 0 Å². The topological polar surface area (TPSA) is 66.5 Å². The number of aliphatic hydroxyl groups excluding tert-OH is 1. The second-order valence-electron chi connectivity index (χ2n) is 3.02. The minimum absolute atomic E-state index is 0.0900. The number of aliphatic hydroxyl groups is 1. The van der Waals surface area contributed by atoms with Crippen molar-refractivity contribution in [2.24, 2.45) is 5.73 Å². The molecule has 0 aliphatic carbocycles. The van der Waals surface area contributed by atoms with Crippen LogP contribution in [0.4, 0.5) is 0 Å². The molecule has 1 aromatic carbocycles. The fourth-order valence-electron chi connectivity index (χ4n) is 1.10. The highest BCUT2D eigenvalue weighted by Crippen LogP contribution is 2.37. The van der Waals surface area contributed by atoms with Crippen molar-refractivity contribution in [1.82, 2.24) is 0 Å². The lowest BCUT2D eigenvalue weighted by Gasteiger charge is -2.14. The fraction of sp³-hybridized carbons (Fsp3) is 0.333. The van der Waals surface area contributed by atoms with Crippen LogP contribution in [0.25, 0.3) is 0 Å². The molecule has 14 heavy (non-hydrogen) atoms. The Morgan fingerprint density at radius 1 is 1.50 bits per heavy atom. The molecule has 0 aromatic heterocycles. The van der Waals surface area contributed by atoms with Crippen molar-refractivity contribution in [3.8, 4) is 5.75 Å². The molecule has 0 unspecified atom stereocenters. The number of phenolic OH excluding ortho intramolecular Hbond substituents is 1. The van der Waals surface area contributed by atoms with Crippen molar-refractivity contribution in [2.75, 3.05) is 6.61 Å². The highest BCUT2D eigenvalue weighted by molar-refractivity contribution is 9.11. The number of aromatic hydroxyl groups is 1. The summed E-state index contributed by atoms with van der Waals surface area (Å²) in [5.74, 6) is 0.0900. The van der Waals surface area contributed by atoms with Gasteiger partial charge < -0.3 is 15.9 Å². The molecule has 78 valence electrons. The number of rotatable bonds is 2. The van der Waals surface area contributed by atoms with Crippen molar-refractivity contribution in [3.63, 3.8) is 0 Å². The summed E-state index contributed by atoms with van der Waals surface area (Å²) in [5, 5.41) is 18.6. The van der Waals surface area contributed by atoms with Crippen LogP contribution in [-0.2, 0) is 0 Å². The predicted molar refractivity (Wildman–Crippen MR) is 62.3 cm³/mol. The van der Waals surface area contributed by atoms with Gasteiger partial charge in [0.15, 0.2) is 0 Å². The van der Waals surface area contributed by atoms with Crippen molar-refractivity contribution < 1.29 is 10.2 Å². The monoisotopic (exact) mass is 323 g/mol. The zero-order valence-corrected chi connectivity index (χ0v) is 10.8. The summed E-state index contributed by atoms with van der Waals surface area (Å²) in [4.78, 5) is 0. The third kappa shape index (κ3) is 2.11. The molecule has 0 bridgehead atoms. The molecule has 0 spiro atoms. The molecule has 3 nitrogen and oxygen atoms in total. The van der Waals surface area contributed by atoms with Crippen LogP contribution in [0.2, 0.25) is 0 Å². The summed E-state index contributed by atoms with van der Waals surface area (Å²) >= 11 is 6.61. The summed E-state index contributed by atoms with van der Waals surface area (Å²) in [6, 6.07) is 1.15. The van der Waals surface area contributed by atoms with Crippen molar-refractivity contribution in [3.05, 3.63) is 26.1 Å². The standard InChI is InChI=1S/C9H11Br2NO2/c1-4-6(10)2-5(7(12)3-13)9(14)8(4)11/h2,7,13-14H,3,12H2,1H3/t7-/m0/s1. The lowest BCUT2D eigenvalue weighted by molar-refractivity contribution is 0.265. The summed E-state index contributed by atoms with van der Waals surface area (Å²) in [7, 11) is 0. The molecule has 4 N–H and O–H groups in total. The number of hydrogen-bond donors (Lipinski definition) is 3. The summed E-state index contributed by atoms with van der Waals surface area (Å²) in [5.41, 5.74) is 7.06. The van der Waals surface area contributed by atoms with Crippen LogP contribution >= 0.6 is 31.9 Å². The third-order valence-corrected chi connectivity index (χ3v) is 3.84. The van der Waals surface area contributed by atoms with Crippen LogP contribution in [0, 0.1) is 6.92 Å². The van der Waals surface area contributed by atoms with Crippen molar-refractivity contribution >= 4 is 31.9 Å².